The number of rotatable bonds is 7. The van der Waals surface area contributed by atoms with Crippen LogP contribution in [0.25, 0.3) is 0 Å². The summed E-state index contributed by atoms with van der Waals surface area (Å²) in [5.74, 6) is 3.00. The van der Waals surface area contributed by atoms with Gasteiger partial charge in [-0.25, -0.2) is 0 Å². The molecule has 0 aromatic rings. The zero-order chi connectivity index (χ0) is 17.4. The van der Waals surface area contributed by atoms with Gasteiger partial charge in [0.1, 0.15) is 0 Å². The quantitative estimate of drug-likeness (QED) is 0.697. The van der Waals surface area contributed by atoms with Crippen molar-refractivity contribution in [2.45, 2.75) is 65.3 Å². The van der Waals surface area contributed by atoms with Crippen LogP contribution in [0.5, 0.6) is 0 Å². The fourth-order valence-corrected chi connectivity index (χ4v) is 6.29. The minimum atomic E-state index is 0.722. The second-order valence-corrected chi connectivity index (χ2v) is 10.1. The van der Waals surface area contributed by atoms with E-state index in [-0.39, 0.29) is 0 Å². The molecule has 2 saturated carbocycles. The fraction of sp³-hybridized carbons (Fsp3) is 1.00. The Morgan fingerprint density at radius 2 is 1.56 bits per heavy atom. The number of piperazine rings is 1. The normalized spacial score (nSPS) is 36.2. The standard InChI is InChI=1S/C22H41N3/c1-4-7-22(8-9-22)17-24-14-19-5-6-20(15-24)21(19)16-23-10-12-25(13-11-23)18(2)3/h18-21H,4-17H2,1-3H3/t19-,20+,21-. The van der Waals surface area contributed by atoms with E-state index in [1.165, 1.54) is 90.9 Å². The molecule has 4 rings (SSSR count). The third kappa shape index (κ3) is 4.09. The molecule has 0 unspecified atom stereocenters. The highest BCUT2D eigenvalue weighted by Crippen LogP contribution is 2.52. The maximum atomic E-state index is 2.89. The molecule has 4 aliphatic rings. The first-order chi connectivity index (χ1) is 12.1. The van der Waals surface area contributed by atoms with E-state index in [0.29, 0.717) is 0 Å². The van der Waals surface area contributed by atoms with Crippen LogP contribution in [0.2, 0.25) is 0 Å². The fourth-order valence-electron chi connectivity index (χ4n) is 6.29. The van der Waals surface area contributed by atoms with Crippen LogP contribution in [0.4, 0.5) is 0 Å². The molecule has 0 N–H and O–H groups in total. The second kappa shape index (κ2) is 7.48. The first kappa shape index (κ1) is 18.3. The average Bonchev–Trinajstić information content (AvgIpc) is 3.30. The number of fused-ring (bicyclic) bond motifs is 2. The molecule has 0 aromatic carbocycles. The Morgan fingerprint density at radius 1 is 0.920 bits per heavy atom. The van der Waals surface area contributed by atoms with E-state index >= 15 is 0 Å². The molecule has 2 saturated heterocycles. The third-order valence-electron chi connectivity index (χ3n) is 8.01. The topological polar surface area (TPSA) is 9.72 Å². The Kier molecular flexibility index (Phi) is 5.46. The van der Waals surface area contributed by atoms with E-state index in [1.54, 1.807) is 0 Å². The van der Waals surface area contributed by atoms with Gasteiger partial charge >= 0.3 is 0 Å². The third-order valence-corrected chi connectivity index (χ3v) is 8.01. The molecule has 3 atom stereocenters. The summed E-state index contributed by atoms with van der Waals surface area (Å²) in [6.07, 6.45) is 8.90. The number of nitrogens with zero attached hydrogens (tertiary/aromatic N) is 3. The van der Waals surface area contributed by atoms with Crippen molar-refractivity contribution in [3.8, 4) is 0 Å². The minimum absolute atomic E-state index is 0.722. The molecule has 3 heteroatoms. The zero-order valence-corrected chi connectivity index (χ0v) is 17.1. The van der Waals surface area contributed by atoms with Crippen LogP contribution in [-0.2, 0) is 0 Å². The molecule has 2 heterocycles. The van der Waals surface area contributed by atoms with Crippen LogP contribution >= 0.6 is 0 Å². The predicted molar refractivity (Wildman–Crippen MR) is 106 cm³/mol. The highest BCUT2D eigenvalue weighted by molar-refractivity contribution is 5.00. The number of likely N-dealkylation sites (tertiary alicyclic amines) is 1. The molecule has 25 heavy (non-hydrogen) atoms. The zero-order valence-electron chi connectivity index (χ0n) is 17.1. The molecule has 2 aliphatic heterocycles. The van der Waals surface area contributed by atoms with Crippen LogP contribution in [0.3, 0.4) is 0 Å². The lowest BCUT2D eigenvalue weighted by atomic mass is 9.83. The Bertz CT molecular complexity index is 423. The van der Waals surface area contributed by atoms with Crippen molar-refractivity contribution in [3.05, 3.63) is 0 Å². The average molecular weight is 348 g/mol. The van der Waals surface area contributed by atoms with Gasteiger partial charge in [0.25, 0.3) is 0 Å². The van der Waals surface area contributed by atoms with Gasteiger partial charge in [-0.3, -0.25) is 4.90 Å². The van der Waals surface area contributed by atoms with Crippen LogP contribution in [0, 0.1) is 23.2 Å². The summed E-state index contributed by atoms with van der Waals surface area (Å²) in [4.78, 5) is 8.33. The van der Waals surface area contributed by atoms with Crippen LogP contribution in [0.15, 0.2) is 0 Å². The Labute approximate surface area is 156 Å². The molecule has 3 nitrogen and oxygen atoms in total. The summed E-state index contributed by atoms with van der Waals surface area (Å²) in [5, 5.41) is 0. The Hall–Kier alpha value is -0.120. The van der Waals surface area contributed by atoms with Gasteiger partial charge in [-0.1, -0.05) is 13.3 Å². The van der Waals surface area contributed by atoms with E-state index in [0.717, 1.165) is 29.2 Å². The van der Waals surface area contributed by atoms with Crippen molar-refractivity contribution in [2.24, 2.45) is 23.2 Å². The predicted octanol–water partition coefficient (Wildman–Crippen LogP) is 3.55. The van der Waals surface area contributed by atoms with Crippen LogP contribution in [0.1, 0.15) is 59.3 Å². The van der Waals surface area contributed by atoms with Crippen molar-refractivity contribution in [2.75, 3.05) is 52.4 Å². The number of hydrogen-bond donors (Lipinski definition) is 0. The number of hydrogen-bond acceptors (Lipinski definition) is 3. The summed E-state index contributed by atoms with van der Waals surface area (Å²) >= 11 is 0. The van der Waals surface area contributed by atoms with Gasteiger partial charge in [0.05, 0.1) is 0 Å². The van der Waals surface area contributed by atoms with E-state index in [1.807, 2.05) is 0 Å². The van der Waals surface area contributed by atoms with Crippen molar-refractivity contribution in [3.63, 3.8) is 0 Å². The Morgan fingerprint density at radius 3 is 2.08 bits per heavy atom. The molecular weight excluding hydrogens is 306 g/mol. The van der Waals surface area contributed by atoms with Crippen molar-refractivity contribution < 1.29 is 0 Å². The molecule has 0 aromatic heterocycles. The molecule has 2 aliphatic carbocycles. The van der Waals surface area contributed by atoms with E-state index in [4.69, 9.17) is 0 Å². The molecule has 4 fully saturated rings. The van der Waals surface area contributed by atoms with Gasteiger partial charge in [-0.15, -0.1) is 0 Å². The first-order valence-corrected chi connectivity index (χ1v) is 11.3. The molecular formula is C22H41N3. The van der Waals surface area contributed by atoms with Crippen LogP contribution in [-0.4, -0.2) is 73.1 Å². The number of piperidine rings is 1. The van der Waals surface area contributed by atoms with Gasteiger partial charge < -0.3 is 9.80 Å². The molecule has 0 spiro atoms. The monoisotopic (exact) mass is 347 g/mol. The first-order valence-electron chi connectivity index (χ1n) is 11.3. The molecule has 2 bridgehead atoms. The van der Waals surface area contributed by atoms with Gasteiger partial charge in [-0.2, -0.15) is 0 Å². The maximum absolute atomic E-state index is 2.89. The summed E-state index contributed by atoms with van der Waals surface area (Å²) in [7, 11) is 0. The van der Waals surface area contributed by atoms with E-state index < -0.39 is 0 Å². The summed E-state index contributed by atoms with van der Waals surface area (Å²) in [5.41, 5.74) is 0.744. The summed E-state index contributed by atoms with van der Waals surface area (Å²) < 4.78 is 0. The highest BCUT2D eigenvalue weighted by Gasteiger charge is 2.47. The lowest BCUT2D eigenvalue weighted by molar-refractivity contribution is 0.0425. The van der Waals surface area contributed by atoms with Crippen molar-refractivity contribution in [1.29, 1.82) is 0 Å². The van der Waals surface area contributed by atoms with Crippen LogP contribution < -0.4 is 0 Å². The minimum Gasteiger partial charge on any atom is -0.302 e. The van der Waals surface area contributed by atoms with Crippen molar-refractivity contribution in [1.82, 2.24) is 14.7 Å². The second-order valence-electron chi connectivity index (χ2n) is 10.1. The van der Waals surface area contributed by atoms with Gasteiger partial charge in [0.15, 0.2) is 0 Å². The summed E-state index contributed by atoms with van der Waals surface area (Å²) in [6, 6.07) is 0.722. The molecule has 0 amide bonds. The van der Waals surface area contributed by atoms with Crippen molar-refractivity contribution >= 4 is 0 Å². The SMILES string of the molecule is CCCC1(CN2C[C@H]3CC[C@@H](C2)[C@@H]3CN2CCN(C(C)C)CC2)CC1. The van der Waals surface area contributed by atoms with Gasteiger partial charge in [0, 0.05) is 58.4 Å². The Balaban J connectivity index is 1.27. The van der Waals surface area contributed by atoms with E-state index in [9.17, 15) is 0 Å². The van der Waals surface area contributed by atoms with Gasteiger partial charge in [-0.05, 0) is 69.1 Å². The molecule has 0 radical (unpaired) electrons. The van der Waals surface area contributed by atoms with E-state index in [2.05, 4.69) is 35.5 Å². The maximum Gasteiger partial charge on any atom is 0.0113 e. The highest BCUT2D eigenvalue weighted by atomic mass is 15.3. The van der Waals surface area contributed by atoms with Gasteiger partial charge in [0.2, 0.25) is 0 Å². The summed E-state index contributed by atoms with van der Waals surface area (Å²) in [6.45, 7) is 17.9. The smallest absolute Gasteiger partial charge is 0.0113 e. The lowest BCUT2D eigenvalue weighted by Crippen LogP contribution is -2.52. The lowest BCUT2D eigenvalue weighted by Gasteiger charge is -2.43. The largest absolute Gasteiger partial charge is 0.302 e. The molecule has 144 valence electrons.